The van der Waals surface area contributed by atoms with Crippen molar-refractivity contribution in [3.05, 3.63) is 89.3 Å². The monoisotopic (exact) mass is 347 g/mol. The van der Waals surface area contributed by atoms with E-state index in [4.69, 9.17) is 4.52 Å². The number of amides is 3. The van der Waals surface area contributed by atoms with Crippen molar-refractivity contribution in [2.24, 2.45) is 0 Å². The lowest BCUT2D eigenvalue weighted by Crippen LogP contribution is -2.45. The summed E-state index contributed by atoms with van der Waals surface area (Å²) in [7, 11) is 0. The normalized spacial score (nSPS) is 16.0. The van der Waals surface area contributed by atoms with Crippen molar-refractivity contribution < 1.29 is 14.1 Å². The summed E-state index contributed by atoms with van der Waals surface area (Å²) >= 11 is 0. The molecule has 1 saturated heterocycles. The Morgan fingerprint density at radius 2 is 1.58 bits per heavy atom. The highest BCUT2D eigenvalue weighted by atomic mass is 16.5. The molecular formula is C20H17N3O3. The first kappa shape index (κ1) is 16.1. The van der Waals surface area contributed by atoms with Crippen molar-refractivity contribution in [2.75, 3.05) is 0 Å². The van der Waals surface area contributed by atoms with Crippen molar-refractivity contribution in [1.82, 2.24) is 15.4 Å². The lowest BCUT2D eigenvalue weighted by atomic mass is 9.82. The maximum Gasteiger partial charge on any atom is 0.325 e. The molecule has 2 aromatic carbocycles. The zero-order chi connectivity index (χ0) is 18.1. The van der Waals surface area contributed by atoms with Crippen LogP contribution in [0.1, 0.15) is 22.6 Å². The van der Waals surface area contributed by atoms with Gasteiger partial charge in [0.05, 0.1) is 6.54 Å². The van der Waals surface area contributed by atoms with Gasteiger partial charge in [-0.05, 0) is 18.1 Å². The summed E-state index contributed by atoms with van der Waals surface area (Å²) in [5.74, 6) is 0.296. The number of urea groups is 1. The van der Waals surface area contributed by atoms with Crippen LogP contribution in [0.5, 0.6) is 0 Å². The molecule has 1 aliphatic heterocycles. The number of imide groups is 1. The van der Waals surface area contributed by atoms with E-state index < -0.39 is 11.6 Å². The Morgan fingerprint density at radius 3 is 2.08 bits per heavy atom. The Bertz CT molecular complexity index is 911. The van der Waals surface area contributed by atoms with Crippen LogP contribution in [0.3, 0.4) is 0 Å². The second-order valence-electron chi connectivity index (χ2n) is 6.23. The highest BCUT2D eigenvalue weighted by molar-refractivity contribution is 6.09. The lowest BCUT2D eigenvalue weighted by molar-refractivity contribution is -0.130. The molecule has 6 nitrogen and oxygen atoms in total. The Balaban J connectivity index is 1.80. The van der Waals surface area contributed by atoms with Crippen molar-refractivity contribution >= 4 is 11.9 Å². The highest BCUT2D eigenvalue weighted by Gasteiger charge is 2.53. The molecule has 26 heavy (non-hydrogen) atoms. The number of carbonyl (C=O) groups excluding carboxylic acids is 2. The van der Waals surface area contributed by atoms with Crippen LogP contribution in [0, 0.1) is 6.92 Å². The second kappa shape index (κ2) is 6.15. The zero-order valence-corrected chi connectivity index (χ0v) is 14.2. The minimum Gasteiger partial charge on any atom is -0.361 e. The molecule has 0 saturated carbocycles. The van der Waals surface area contributed by atoms with Gasteiger partial charge in [0.15, 0.2) is 5.54 Å². The first-order chi connectivity index (χ1) is 12.6. The Hall–Kier alpha value is -3.41. The maximum absolute atomic E-state index is 13.4. The van der Waals surface area contributed by atoms with Crippen molar-refractivity contribution in [3.8, 4) is 0 Å². The minimum atomic E-state index is -1.25. The van der Waals surface area contributed by atoms with Crippen LogP contribution >= 0.6 is 0 Å². The summed E-state index contributed by atoms with van der Waals surface area (Å²) in [6, 6.07) is 19.8. The Kier molecular flexibility index (Phi) is 3.80. The molecule has 4 rings (SSSR count). The average molecular weight is 347 g/mol. The number of aryl methyl sites for hydroxylation is 1. The van der Waals surface area contributed by atoms with Gasteiger partial charge >= 0.3 is 6.03 Å². The molecule has 3 amide bonds. The lowest BCUT2D eigenvalue weighted by Gasteiger charge is -2.27. The van der Waals surface area contributed by atoms with Crippen molar-refractivity contribution in [2.45, 2.75) is 19.0 Å². The van der Waals surface area contributed by atoms with Crippen molar-refractivity contribution in [1.29, 1.82) is 0 Å². The van der Waals surface area contributed by atoms with Crippen LogP contribution < -0.4 is 5.32 Å². The summed E-state index contributed by atoms with van der Waals surface area (Å²) in [5, 5.41) is 6.80. The fourth-order valence-electron chi connectivity index (χ4n) is 3.31. The summed E-state index contributed by atoms with van der Waals surface area (Å²) in [6.07, 6.45) is 0. The van der Waals surface area contributed by atoms with E-state index in [1.165, 1.54) is 4.90 Å². The average Bonchev–Trinajstić information content (AvgIpc) is 3.20. The second-order valence-corrected chi connectivity index (χ2v) is 6.23. The number of benzene rings is 2. The number of aromatic nitrogens is 1. The van der Waals surface area contributed by atoms with E-state index in [-0.39, 0.29) is 12.5 Å². The molecule has 1 N–H and O–H groups in total. The fraction of sp³-hybridized carbons (Fsp3) is 0.150. The predicted octanol–water partition coefficient (Wildman–Crippen LogP) is 2.98. The third-order valence-electron chi connectivity index (χ3n) is 4.52. The molecule has 0 aliphatic carbocycles. The standard InChI is InChI=1S/C20H17N3O3/c1-14-12-17(22-26-14)13-23-18(24)20(21-19(23)25,15-8-4-2-5-9-15)16-10-6-3-7-11-16/h2-12H,13H2,1H3,(H,21,25). The molecule has 130 valence electrons. The molecule has 0 bridgehead atoms. The smallest absolute Gasteiger partial charge is 0.325 e. The molecule has 2 heterocycles. The van der Waals surface area contributed by atoms with Crippen LogP contribution in [0.25, 0.3) is 0 Å². The quantitative estimate of drug-likeness (QED) is 0.736. The SMILES string of the molecule is Cc1cc(CN2C(=O)NC(c3ccccc3)(c3ccccc3)C2=O)no1. The van der Waals surface area contributed by atoms with E-state index in [1.807, 2.05) is 60.7 Å². The van der Waals surface area contributed by atoms with Gasteiger partial charge in [0.2, 0.25) is 0 Å². The van der Waals surface area contributed by atoms with Gasteiger partial charge in [-0.2, -0.15) is 0 Å². The number of carbonyl (C=O) groups is 2. The van der Waals surface area contributed by atoms with E-state index in [9.17, 15) is 9.59 Å². The van der Waals surface area contributed by atoms with Crippen LogP contribution in [-0.2, 0) is 16.9 Å². The van der Waals surface area contributed by atoms with Crippen LogP contribution in [0.2, 0.25) is 0 Å². The van der Waals surface area contributed by atoms with Crippen molar-refractivity contribution in [3.63, 3.8) is 0 Å². The number of nitrogens with one attached hydrogen (secondary N) is 1. The number of hydrogen-bond acceptors (Lipinski definition) is 4. The maximum atomic E-state index is 13.4. The van der Waals surface area contributed by atoms with Gasteiger partial charge in [-0.3, -0.25) is 9.69 Å². The molecule has 6 heteroatoms. The number of rotatable bonds is 4. The number of hydrogen-bond donors (Lipinski definition) is 1. The first-order valence-corrected chi connectivity index (χ1v) is 8.28. The van der Waals surface area contributed by atoms with Gasteiger partial charge in [0, 0.05) is 6.07 Å². The van der Waals surface area contributed by atoms with Gasteiger partial charge in [0.25, 0.3) is 5.91 Å². The van der Waals surface area contributed by atoms with E-state index >= 15 is 0 Å². The number of nitrogens with zero attached hydrogens (tertiary/aromatic N) is 2. The summed E-state index contributed by atoms with van der Waals surface area (Å²) < 4.78 is 5.05. The molecule has 0 radical (unpaired) electrons. The van der Waals surface area contributed by atoms with Gasteiger partial charge in [0.1, 0.15) is 11.5 Å². The molecule has 0 spiro atoms. The molecule has 1 aromatic heterocycles. The topological polar surface area (TPSA) is 75.4 Å². The molecule has 1 aliphatic rings. The largest absolute Gasteiger partial charge is 0.361 e. The summed E-state index contributed by atoms with van der Waals surface area (Å²) in [6.45, 7) is 1.82. The summed E-state index contributed by atoms with van der Waals surface area (Å²) in [5.41, 5.74) is 0.702. The predicted molar refractivity (Wildman–Crippen MR) is 94.0 cm³/mol. The molecular weight excluding hydrogens is 330 g/mol. The van der Waals surface area contributed by atoms with Crippen LogP contribution in [0.15, 0.2) is 71.3 Å². The van der Waals surface area contributed by atoms with E-state index in [2.05, 4.69) is 10.5 Å². The Morgan fingerprint density at radius 1 is 1.00 bits per heavy atom. The third kappa shape index (κ3) is 2.47. The molecule has 3 aromatic rings. The van der Waals surface area contributed by atoms with Crippen LogP contribution in [0.4, 0.5) is 4.79 Å². The van der Waals surface area contributed by atoms with Crippen LogP contribution in [-0.4, -0.2) is 22.0 Å². The third-order valence-corrected chi connectivity index (χ3v) is 4.52. The minimum absolute atomic E-state index is 0.0590. The zero-order valence-electron chi connectivity index (χ0n) is 14.2. The molecule has 0 atom stereocenters. The van der Waals surface area contributed by atoms with Gasteiger partial charge in [-0.25, -0.2) is 4.79 Å². The summed E-state index contributed by atoms with van der Waals surface area (Å²) in [4.78, 5) is 27.3. The first-order valence-electron chi connectivity index (χ1n) is 8.28. The molecule has 1 fully saturated rings. The van der Waals surface area contributed by atoms with Gasteiger partial charge < -0.3 is 9.84 Å². The fourth-order valence-corrected chi connectivity index (χ4v) is 3.31. The van der Waals surface area contributed by atoms with Gasteiger partial charge in [-0.1, -0.05) is 65.8 Å². The molecule has 0 unspecified atom stereocenters. The Labute approximate surface area is 150 Å². The highest BCUT2D eigenvalue weighted by Crippen LogP contribution is 2.36. The van der Waals surface area contributed by atoms with E-state index in [0.29, 0.717) is 22.6 Å². The van der Waals surface area contributed by atoms with E-state index in [0.717, 1.165) is 0 Å². The van der Waals surface area contributed by atoms with E-state index in [1.54, 1.807) is 13.0 Å². The van der Waals surface area contributed by atoms with Gasteiger partial charge in [-0.15, -0.1) is 0 Å².